The molecule has 0 heterocycles. The average Bonchev–Trinajstić information content (AvgIpc) is 2.60. The van der Waals surface area contributed by atoms with Crippen molar-refractivity contribution in [3.8, 4) is 0 Å². The molecule has 1 fully saturated rings. The van der Waals surface area contributed by atoms with E-state index in [4.69, 9.17) is 0 Å². The fraction of sp³-hybridized carbons (Fsp3) is 0.667. The number of hydrogen-bond donors (Lipinski definition) is 1. The molecule has 1 N–H and O–H groups in total. The lowest BCUT2D eigenvalue weighted by Crippen LogP contribution is -2.46. The first kappa shape index (κ1) is 22.9. The Morgan fingerprint density at radius 1 is 0.929 bits per heavy atom. The van der Waals surface area contributed by atoms with Gasteiger partial charge in [0.15, 0.2) is 6.10 Å². The molecule has 2 nitrogen and oxygen atoms in total. The van der Waals surface area contributed by atoms with Crippen molar-refractivity contribution in [3.63, 3.8) is 0 Å². The lowest BCUT2D eigenvalue weighted by molar-refractivity contribution is -0.289. The van der Waals surface area contributed by atoms with Crippen LogP contribution in [0.15, 0.2) is 24.3 Å². The number of alkyl halides is 8. The van der Waals surface area contributed by atoms with Crippen LogP contribution in [0.2, 0.25) is 0 Å². The SMILES string of the molecule is OC(CN(Cc1ccccc1C(F)(F)C(F)(F)F)C1CCCCC1)C(F)(F)F. The summed E-state index contributed by atoms with van der Waals surface area (Å²) < 4.78 is 105. The highest BCUT2D eigenvalue weighted by atomic mass is 19.4. The number of aliphatic hydroxyl groups excluding tert-OH is 1. The van der Waals surface area contributed by atoms with Gasteiger partial charge in [0.05, 0.1) is 0 Å². The van der Waals surface area contributed by atoms with Crippen molar-refractivity contribution in [1.82, 2.24) is 4.90 Å². The summed E-state index contributed by atoms with van der Waals surface area (Å²) in [4.78, 5) is 1.17. The summed E-state index contributed by atoms with van der Waals surface area (Å²) in [5.74, 6) is -5.13. The van der Waals surface area contributed by atoms with E-state index in [1.54, 1.807) is 0 Å². The Kier molecular flexibility index (Phi) is 6.96. The number of hydrogen-bond acceptors (Lipinski definition) is 2. The molecule has 10 heteroatoms. The summed E-state index contributed by atoms with van der Waals surface area (Å²) in [6, 6.07) is 3.52. The van der Waals surface area contributed by atoms with Crippen molar-refractivity contribution in [3.05, 3.63) is 35.4 Å². The van der Waals surface area contributed by atoms with Crippen LogP contribution in [0.4, 0.5) is 35.1 Å². The van der Waals surface area contributed by atoms with E-state index in [0.717, 1.165) is 18.6 Å². The van der Waals surface area contributed by atoms with Crippen LogP contribution in [0.25, 0.3) is 0 Å². The van der Waals surface area contributed by atoms with Gasteiger partial charge >= 0.3 is 18.3 Å². The van der Waals surface area contributed by atoms with E-state index in [9.17, 15) is 40.2 Å². The molecule has 0 amide bonds. The predicted octanol–water partition coefficient (Wildman–Crippen LogP) is 5.40. The molecule has 1 unspecified atom stereocenters. The van der Waals surface area contributed by atoms with Gasteiger partial charge in [-0.15, -0.1) is 0 Å². The van der Waals surface area contributed by atoms with Gasteiger partial charge in [-0.25, -0.2) is 0 Å². The normalized spacial score (nSPS) is 18.5. The van der Waals surface area contributed by atoms with Crippen molar-refractivity contribution in [2.75, 3.05) is 6.54 Å². The van der Waals surface area contributed by atoms with Gasteiger partial charge in [0, 0.05) is 24.7 Å². The Hall–Kier alpha value is -1.42. The van der Waals surface area contributed by atoms with E-state index in [0.29, 0.717) is 31.7 Å². The second-order valence-corrected chi connectivity index (χ2v) is 7.01. The van der Waals surface area contributed by atoms with Crippen LogP contribution < -0.4 is 0 Å². The molecular formula is C18H21F8NO. The van der Waals surface area contributed by atoms with Gasteiger partial charge in [0.25, 0.3) is 0 Å². The van der Waals surface area contributed by atoms with E-state index in [-0.39, 0.29) is 0 Å². The molecule has 1 aliphatic carbocycles. The third kappa shape index (κ3) is 5.34. The summed E-state index contributed by atoms with van der Waals surface area (Å²) >= 11 is 0. The third-order valence-electron chi connectivity index (χ3n) is 4.96. The van der Waals surface area contributed by atoms with Crippen LogP contribution in [0.3, 0.4) is 0 Å². The number of benzene rings is 1. The molecule has 160 valence electrons. The Morgan fingerprint density at radius 2 is 1.50 bits per heavy atom. The van der Waals surface area contributed by atoms with E-state index in [2.05, 4.69) is 0 Å². The van der Waals surface area contributed by atoms with E-state index < -0.39 is 54.6 Å². The number of rotatable bonds is 6. The predicted molar refractivity (Wildman–Crippen MR) is 85.7 cm³/mol. The van der Waals surface area contributed by atoms with Crippen molar-refractivity contribution in [2.24, 2.45) is 0 Å². The molecule has 1 aromatic carbocycles. The highest BCUT2D eigenvalue weighted by Gasteiger charge is 2.59. The molecule has 0 bridgehead atoms. The van der Waals surface area contributed by atoms with E-state index >= 15 is 0 Å². The summed E-state index contributed by atoms with van der Waals surface area (Å²) in [6.07, 6.45) is -10.2. The van der Waals surface area contributed by atoms with E-state index in [1.807, 2.05) is 0 Å². The van der Waals surface area contributed by atoms with Crippen molar-refractivity contribution < 1.29 is 40.2 Å². The van der Waals surface area contributed by atoms with Gasteiger partial charge in [0.2, 0.25) is 0 Å². The Balaban J connectivity index is 2.34. The highest BCUT2D eigenvalue weighted by Crippen LogP contribution is 2.45. The van der Waals surface area contributed by atoms with E-state index in [1.165, 1.54) is 11.0 Å². The van der Waals surface area contributed by atoms with Gasteiger partial charge in [-0.05, 0) is 18.4 Å². The highest BCUT2D eigenvalue weighted by molar-refractivity contribution is 5.32. The summed E-state index contributed by atoms with van der Waals surface area (Å²) in [5, 5.41) is 9.43. The second-order valence-electron chi connectivity index (χ2n) is 7.01. The zero-order valence-corrected chi connectivity index (χ0v) is 14.8. The Labute approximate surface area is 157 Å². The molecule has 1 saturated carbocycles. The molecule has 1 atom stereocenters. The minimum absolute atomic E-state index is 0.412. The lowest BCUT2D eigenvalue weighted by atomic mass is 9.92. The second kappa shape index (κ2) is 8.52. The topological polar surface area (TPSA) is 23.5 Å². The zero-order chi connectivity index (χ0) is 21.2. The number of halogens is 8. The first-order valence-corrected chi connectivity index (χ1v) is 8.86. The van der Waals surface area contributed by atoms with Gasteiger partial charge < -0.3 is 5.11 Å². The average molecular weight is 419 g/mol. The first-order chi connectivity index (χ1) is 12.8. The summed E-state index contributed by atoms with van der Waals surface area (Å²) in [6.45, 7) is -1.43. The Morgan fingerprint density at radius 3 is 2.04 bits per heavy atom. The Bertz CT molecular complexity index is 637. The molecule has 0 saturated heterocycles. The van der Waals surface area contributed by atoms with Crippen LogP contribution in [0.1, 0.15) is 43.2 Å². The van der Waals surface area contributed by atoms with Gasteiger partial charge in [-0.1, -0.05) is 43.5 Å². The van der Waals surface area contributed by atoms with Gasteiger partial charge in [-0.2, -0.15) is 35.1 Å². The summed E-state index contributed by atoms with van der Waals surface area (Å²) in [5.41, 5.74) is -1.70. The van der Waals surface area contributed by atoms with Gasteiger partial charge in [-0.3, -0.25) is 4.90 Å². The van der Waals surface area contributed by atoms with Crippen LogP contribution in [0, 0.1) is 0 Å². The molecule has 1 aliphatic rings. The molecule has 0 aliphatic heterocycles. The van der Waals surface area contributed by atoms with Crippen molar-refractivity contribution in [2.45, 2.75) is 69.1 Å². The van der Waals surface area contributed by atoms with Crippen LogP contribution in [-0.4, -0.2) is 41.0 Å². The number of nitrogens with zero attached hydrogens (tertiary/aromatic N) is 1. The fourth-order valence-electron chi connectivity index (χ4n) is 3.45. The minimum atomic E-state index is -5.83. The maximum absolute atomic E-state index is 13.9. The van der Waals surface area contributed by atoms with Crippen LogP contribution in [-0.2, 0) is 12.5 Å². The molecule has 0 aromatic heterocycles. The zero-order valence-electron chi connectivity index (χ0n) is 14.8. The molecule has 0 spiro atoms. The maximum Gasteiger partial charge on any atom is 0.458 e. The van der Waals surface area contributed by atoms with Gasteiger partial charge in [0.1, 0.15) is 0 Å². The third-order valence-corrected chi connectivity index (χ3v) is 4.96. The summed E-state index contributed by atoms with van der Waals surface area (Å²) in [7, 11) is 0. The van der Waals surface area contributed by atoms with Crippen molar-refractivity contribution >= 4 is 0 Å². The molecule has 2 rings (SSSR count). The smallest absolute Gasteiger partial charge is 0.382 e. The number of aliphatic hydroxyl groups is 1. The van der Waals surface area contributed by atoms with Crippen molar-refractivity contribution in [1.29, 1.82) is 0 Å². The van der Waals surface area contributed by atoms with Crippen LogP contribution in [0.5, 0.6) is 0 Å². The first-order valence-electron chi connectivity index (χ1n) is 8.86. The maximum atomic E-state index is 13.9. The van der Waals surface area contributed by atoms with Crippen LogP contribution >= 0.6 is 0 Å². The minimum Gasteiger partial charge on any atom is -0.382 e. The largest absolute Gasteiger partial charge is 0.458 e. The lowest BCUT2D eigenvalue weighted by Gasteiger charge is -2.36. The molecule has 1 aromatic rings. The quantitative estimate of drug-likeness (QED) is 0.625. The monoisotopic (exact) mass is 419 g/mol. The molecular weight excluding hydrogens is 398 g/mol. The standard InChI is InChI=1S/C18H21F8NO/c19-16(20,18(24,25)26)14-9-5-4-6-12(14)10-27(11-15(28)17(21,22)23)13-7-2-1-3-8-13/h4-6,9,13,15,28H,1-3,7-8,10-11H2. The molecule has 28 heavy (non-hydrogen) atoms. The fourth-order valence-corrected chi connectivity index (χ4v) is 3.45. The molecule has 0 radical (unpaired) electrons.